The van der Waals surface area contributed by atoms with Gasteiger partial charge in [0.05, 0.1) is 0 Å². The molecule has 2 N–H and O–H groups in total. The van der Waals surface area contributed by atoms with Crippen molar-refractivity contribution < 1.29 is 4.74 Å². The predicted molar refractivity (Wildman–Crippen MR) is 111 cm³/mol. The molecular formula is C22H29BrN2O. The fourth-order valence-corrected chi connectivity index (χ4v) is 4.09. The molecule has 3 rings (SSSR count). The van der Waals surface area contributed by atoms with Crippen LogP contribution in [0.2, 0.25) is 0 Å². The minimum Gasteiger partial charge on any atom is -0.485 e. The smallest absolute Gasteiger partial charge is 0.127 e. The van der Waals surface area contributed by atoms with Gasteiger partial charge in [-0.3, -0.25) is 0 Å². The molecule has 1 unspecified atom stereocenters. The van der Waals surface area contributed by atoms with Crippen LogP contribution in [0, 0.1) is 5.92 Å². The minimum atomic E-state index is 0.0949. The first-order chi connectivity index (χ1) is 12.7. The number of nitrogens with two attached hydrogens (primary N) is 1. The Bertz CT molecular complexity index is 654. The molecule has 0 spiro atoms. The normalized spacial score (nSPS) is 18.4. The van der Waals surface area contributed by atoms with E-state index in [0.29, 0.717) is 12.0 Å². The lowest BCUT2D eigenvalue weighted by molar-refractivity contribution is 0.0612. The fraction of sp³-hybridized carbons (Fsp3) is 0.455. The summed E-state index contributed by atoms with van der Waals surface area (Å²) in [6.45, 7) is 5.30. The number of para-hydroxylation sites is 1. The Morgan fingerprint density at radius 2 is 1.73 bits per heavy atom. The van der Waals surface area contributed by atoms with Gasteiger partial charge >= 0.3 is 0 Å². The van der Waals surface area contributed by atoms with E-state index in [4.69, 9.17) is 10.5 Å². The van der Waals surface area contributed by atoms with Crippen molar-refractivity contribution in [2.45, 2.75) is 38.3 Å². The zero-order valence-electron chi connectivity index (χ0n) is 15.5. The van der Waals surface area contributed by atoms with Crippen LogP contribution in [-0.2, 0) is 0 Å². The molecule has 1 fully saturated rings. The molecule has 3 nitrogen and oxygen atoms in total. The van der Waals surface area contributed by atoms with Crippen LogP contribution in [-0.4, -0.2) is 30.6 Å². The van der Waals surface area contributed by atoms with Gasteiger partial charge in [-0.15, -0.1) is 0 Å². The Kier molecular flexibility index (Phi) is 7.12. The van der Waals surface area contributed by atoms with Gasteiger partial charge in [-0.2, -0.15) is 0 Å². The van der Waals surface area contributed by atoms with E-state index in [2.05, 4.69) is 52.0 Å². The van der Waals surface area contributed by atoms with Gasteiger partial charge in [0.25, 0.3) is 0 Å². The number of hydrogen-bond donors (Lipinski definition) is 1. The van der Waals surface area contributed by atoms with Gasteiger partial charge < -0.3 is 15.4 Å². The van der Waals surface area contributed by atoms with E-state index >= 15 is 0 Å². The molecule has 26 heavy (non-hydrogen) atoms. The van der Waals surface area contributed by atoms with Gasteiger partial charge in [0.2, 0.25) is 0 Å². The molecule has 4 heteroatoms. The third kappa shape index (κ3) is 5.09. The average molecular weight is 417 g/mol. The molecule has 1 heterocycles. The van der Waals surface area contributed by atoms with Gasteiger partial charge in [0, 0.05) is 16.4 Å². The molecule has 0 bridgehead atoms. The number of piperidine rings is 1. The highest BCUT2D eigenvalue weighted by molar-refractivity contribution is 9.10. The van der Waals surface area contributed by atoms with Crippen LogP contribution < -0.4 is 10.5 Å². The predicted octanol–water partition coefficient (Wildman–Crippen LogP) is 5.02. The molecule has 0 aromatic heterocycles. The second-order valence-electron chi connectivity index (χ2n) is 7.20. The highest BCUT2D eigenvalue weighted by Crippen LogP contribution is 2.35. The summed E-state index contributed by atoms with van der Waals surface area (Å²) in [6, 6.07) is 19.3. The van der Waals surface area contributed by atoms with Crippen LogP contribution in [0.3, 0.4) is 0 Å². The molecule has 2 aromatic rings. The number of ether oxygens (including phenoxy) is 1. The van der Waals surface area contributed by atoms with Crippen LogP contribution in [0.4, 0.5) is 0 Å². The van der Waals surface area contributed by atoms with Crippen molar-refractivity contribution in [3.05, 3.63) is 64.6 Å². The summed E-state index contributed by atoms with van der Waals surface area (Å²) in [5.41, 5.74) is 6.99. The molecule has 2 atom stereocenters. The quantitative estimate of drug-likeness (QED) is 0.688. The highest BCUT2D eigenvalue weighted by Gasteiger charge is 2.30. The van der Waals surface area contributed by atoms with E-state index < -0.39 is 0 Å². The van der Waals surface area contributed by atoms with E-state index in [1.807, 2.05) is 30.3 Å². The first-order valence-corrected chi connectivity index (χ1v) is 10.4. The Labute approximate surface area is 165 Å². The molecule has 0 radical (unpaired) electrons. The summed E-state index contributed by atoms with van der Waals surface area (Å²) in [5, 5.41) is 0. The summed E-state index contributed by atoms with van der Waals surface area (Å²) in [5.74, 6) is 1.47. The number of rotatable bonds is 7. The minimum absolute atomic E-state index is 0.0949. The maximum absolute atomic E-state index is 6.47. The van der Waals surface area contributed by atoms with Gasteiger partial charge in [0.15, 0.2) is 0 Å². The summed E-state index contributed by atoms with van der Waals surface area (Å²) in [6.07, 6.45) is 3.48. The highest BCUT2D eigenvalue weighted by atomic mass is 79.9. The molecule has 1 aliphatic rings. The Morgan fingerprint density at radius 1 is 1.08 bits per heavy atom. The SMILES string of the molecule is CC(CCN)N1CCC([C@@H](Oc2ccccc2)c2ccc(Br)cc2)CC1. The zero-order chi connectivity index (χ0) is 18.4. The molecule has 1 aliphatic heterocycles. The van der Waals surface area contributed by atoms with Crippen molar-refractivity contribution in [1.82, 2.24) is 4.90 Å². The summed E-state index contributed by atoms with van der Waals surface area (Å²) in [7, 11) is 0. The lowest BCUT2D eigenvalue weighted by Gasteiger charge is -2.39. The number of likely N-dealkylation sites (tertiary alicyclic amines) is 1. The third-order valence-electron chi connectivity index (χ3n) is 5.41. The first kappa shape index (κ1) is 19.4. The summed E-state index contributed by atoms with van der Waals surface area (Å²) in [4.78, 5) is 2.57. The summed E-state index contributed by atoms with van der Waals surface area (Å²) < 4.78 is 7.57. The Balaban J connectivity index is 1.73. The molecule has 0 saturated carbocycles. The molecule has 0 aliphatic carbocycles. The van der Waals surface area contributed by atoms with E-state index in [0.717, 1.165) is 49.1 Å². The van der Waals surface area contributed by atoms with Gasteiger partial charge in [-0.1, -0.05) is 46.3 Å². The fourth-order valence-electron chi connectivity index (χ4n) is 3.82. The van der Waals surface area contributed by atoms with E-state index in [-0.39, 0.29) is 6.10 Å². The van der Waals surface area contributed by atoms with Crippen LogP contribution in [0.15, 0.2) is 59.1 Å². The molecule has 0 amide bonds. The number of hydrogen-bond acceptors (Lipinski definition) is 3. The maximum atomic E-state index is 6.47. The van der Waals surface area contributed by atoms with Crippen molar-refractivity contribution in [1.29, 1.82) is 0 Å². The van der Waals surface area contributed by atoms with Crippen molar-refractivity contribution in [3.8, 4) is 5.75 Å². The standard InChI is InChI=1S/C22H29BrN2O/c1-17(11-14-24)25-15-12-19(13-16-25)22(18-7-9-20(23)10-8-18)26-21-5-3-2-4-6-21/h2-10,17,19,22H,11-16,24H2,1H3/t17?,22-/m0/s1. The van der Waals surface area contributed by atoms with Gasteiger partial charge in [0.1, 0.15) is 11.9 Å². The van der Waals surface area contributed by atoms with Crippen LogP contribution in [0.5, 0.6) is 5.75 Å². The van der Waals surface area contributed by atoms with E-state index in [9.17, 15) is 0 Å². The van der Waals surface area contributed by atoms with E-state index in [1.54, 1.807) is 0 Å². The van der Waals surface area contributed by atoms with Crippen molar-refractivity contribution in [3.63, 3.8) is 0 Å². The number of halogens is 1. The molecule has 2 aromatic carbocycles. The van der Waals surface area contributed by atoms with Crippen LogP contribution in [0.25, 0.3) is 0 Å². The largest absolute Gasteiger partial charge is 0.485 e. The summed E-state index contributed by atoms with van der Waals surface area (Å²) >= 11 is 3.54. The second-order valence-corrected chi connectivity index (χ2v) is 8.12. The lowest BCUT2D eigenvalue weighted by atomic mass is 9.86. The van der Waals surface area contributed by atoms with Gasteiger partial charge in [-0.25, -0.2) is 0 Å². The Morgan fingerprint density at radius 3 is 2.35 bits per heavy atom. The lowest BCUT2D eigenvalue weighted by Crippen LogP contribution is -2.42. The number of nitrogens with zero attached hydrogens (tertiary/aromatic N) is 1. The van der Waals surface area contributed by atoms with Crippen molar-refractivity contribution in [2.75, 3.05) is 19.6 Å². The molecule has 140 valence electrons. The van der Waals surface area contributed by atoms with Crippen LogP contribution >= 0.6 is 15.9 Å². The Hall–Kier alpha value is -1.36. The number of benzene rings is 2. The van der Waals surface area contributed by atoms with E-state index in [1.165, 1.54) is 5.56 Å². The van der Waals surface area contributed by atoms with Crippen LogP contribution in [0.1, 0.15) is 37.9 Å². The van der Waals surface area contributed by atoms with Crippen molar-refractivity contribution >= 4 is 15.9 Å². The monoisotopic (exact) mass is 416 g/mol. The zero-order valence-corrected chi connectivity index (χ0v) is 17.1. The topological polar surface area (TPSA) is 38.5 Å². The second kappa shape index (κ2) is 9.54. The first-order valence-electron chi connectivity index (χ1n) is 9.58. The average Bonchev–Trinajstić information content (AvgIpc) is 2.68. The van der Waals surface area contributed by atoms with Crippen molar-refractivity contribution in [2.24, 2.45) is 11.7 Å². The molecular weight excluding hydrogens is 388 g/mol. The molecule has 1 saturated heterocycles. The van der Waals surface area contributed by atoms with Gasteiger partial charge in [-0.05, 0) is 75.6 Å². The maximum Gasteiger partial charge on any atom is 0.127 e. The third-order valence-corrected chi connectivity index (χ3v) is 5.94.